The van der Waals surface area contributed by atoms with Gasteiger partial charge in [-0.1, -0.05) is 25.5 Å². The summed E-state index contributed by atoms with van der Waals surface area (Å²) in [4.78, 5) is 23.5. The van der Waals surface area contributed by atoms with Crippen LogP contribution in [0.3, 0.4) is 0 Å². The number of ether oxygens (including phenoxy) is 1. The predicted octanol–water partition coefficient (Wildman–Crippen LogP) is 3.26. The van der Waals surface area contributed by atoms with E-state index in [9.17, 15) is 19.8 Å². The standard InChI is InChI=1S/C17H16O5/c1-2-4-11-5-3-6-14(16(19)20)15(11)22-17(21)12-7-9-13(18)10-8-12/h3,5-10,18H,2,4H2,1H3,(H,19,20). The van der Waals surface area contributed by atoms with Crippen LogP contribution in [-0.2, 0) is 6.42 Å². The summed E-state index contributed by atoms with van der Waals surface area (Å²) < 4.78 is 5.32. The van der Waals surface area contributed by atoms with Crippen LogP contribution in [0.4, 0.5) is 0 Å². The van der Waals surface area contributed by atoms with Crippen molar-refractivity contribution in [3.63, 3.8) is 0 Å². The number of phenols is 1. The van der Waals surface area contributed by atoms with E-state index in [-0.39, 0.29) is 22.6 Å². The first-order chi connectivity index (χ1) is 10.5. The van der Waals surface area contributed by atoms with E-state index in [2.05, 4.69) is 0 Å². The van der Waals surface area contributed by atoms with Gasteiger partial charge in [0.25, 0.3) is 0 Å². The van der Waals surface area contributed by atoms with Gasteiger partial charge in [0.1, 0.15) is 17.1 Å². The van der Waals surface area contributed by atoms with Crippen molar-refractivity contribution in [1.29, 1.82) is 0 Å². The molecule has 0 aliphatic carbocycles. The van der Waals surface area contributed by atoms with E-state index in [1.54, 1.807) is 12.1 Å². The van der Waals surface area contributed by atoms with Gasteiger partial charge in [-0.2, -0.15) is 0 Å². The number of hydrogen-bond acceptors (Lipinski definition) is 4. The number of aryl methyl sites for hydroxylation is 1. The average molecular weight is 300 g/mol. The molecule has 2 aromatic carbocycles. The molecule has 0 saturated carbocycles. The topological polar surface area (TPSA) is 83.8 Å². The van der Waals surface area contributed by atoms with Crippen molar-refractivity contribution in [3.05, 3.63) is 59.2 Å². The molecule has 22 heavy (non-hydrogen) atoms. The third-order valence-corrected chi connectivity index (χ3v) is 3.14. The van der Waals surface area contributed by atoms with Crippen LogP contribution >= 0.6 is 0 Å². The fourth-order valence-electron chi connectivity index (χ4n) is 2.09. The molecule has 114 valence electrons. The third kappa shape index (κ3) is 3.44. The third-order valence-electron chi connectivity index (χ3n) is 3.14. The van der Waals surface area contributed by atoms with Crippen LogP contribution in [0.25, 0.3) is 0 Å². The first-order valence-corrected chi connectivity index (χ1v) is 6.89. The lowest BCUT2D eigenvalue weighted by atomic mass is 10.0. The molecular formula is C17H16O5. The smallest absolute Gasteiger partial charge is 0.343 e. The fraction of sp³-hybridized carbons (Fsp3) is 0.176. The summed E-state index contributed by atoms with van der Waals surface area (Å²) >= 11 is 0. The number of esters is 1. The van der Waals surface area contributed by atoms with Crippen molar-refractivity contribution in [1.82, 2.24) is 0 Å². The molecule has 0 bridgehead atoms. The summed E-state index contributed by atoms with van der Waals surface area (Å²) in [5.74, 6) is -1.69. The summed E-state index contributed by atoms with van der Waals surface area (Å²) in [6.07, 6.45) is 1.41. The minimum atomic E-state index is -1.15. The molecule has 0 aliphatic heterocycles. The van der Waals surface area contributed by atoms with Gasteiger partial charge in [0.2, 0.25) is 0 Å². The number of para-hydroxylation sites is 1. The Morgan fingerprint density at radius 1 is 1.09 bits per heavy atom. The van der Waals surface area contributed by atoms with Crippen molar-refractivity contribution in [2.45, 2.75) is 19.8 Å². The SMILES string of the molecule is CCCc1cccc(C(=O)O)c1OC(=O)c1ccc(O)cc1. The Hall–Kier alpha value is -2.82. The molecule has 2 aromatic rings. The van der Waals surface area contributed by atoms with Crippen LogP contribution in [-0.4, -0.2) is 22.2 Å². The van der Waals surface area contributed by atoms with Gasteiger partial charge in [0, 0.05) is 0 Å². The van der Waals surface area contributed by atoms with Crippen LogP contribution in [0.5, 0.6) is 11.5 Å². The van der Waals surface area contributed by atoms with Gasteiger partial charge in [-0.3, -0.25) is 0 Å². The number of hydrogen-bond donors (Lipinski definition) is 2. The van der Waals surface area contributed by atoms with Crippen molar-refractivity contribution in [2.75, 3.05) is 0 Å². The highest BCUT2D eigenvalue weighted by atomic mass is 16.5. The lowest BCUT2D eigenvalue weighted by molar-refractivity contribution is 0.0680. The molecule has 0 unspecified atom stereocenters. The average Bonchev–Trinajstić information content (AvgIpc) is 2.49. The van der Waals surface area contributed by atoms with E-state index in [0.717, 1.165) is 6.42 Å². The second-order valence-corrected chi connectivity index (χ2v) is 4.79. The lowest BCUT2D eigenvalue weighted by Crippen LogP contribution is -2.13. The highest BCUT2D eigenvalue weighted by Crippen LogP contribution is 2.26. The number of carboxylic acids is 1. The largest absolute Gasteiger partial charge is 0.508 e. The molecule has 0 radical (unpaired) electrons. The molecule has 5 heteroatoms. The number of rotatable bonds is 5. The summed E-state index contributed by atoms with van der Waals surface area (Å²) in [5.41, 5.74) is 0.869. The maximum atomic E-state index is 12.2. The monoisotopic (exact) mass is 300 g/mol. The molecule has 5 nitrogen and oxygen atoms in total. The van der Waals surface area contributed by atoms with Crippen LogP contribution in [0.15, 0.2) is 42.5 Å². The Morgan fingerprint density at radius 2 is 1.77 bits per heavy atom. The van der Waals surface area contributed by atoms with Crippen molar-refractivity contribution < 1.29 is 24.5 Å². The van der Waals surface area contributed by atoms with E-state index < -0.39 is 11.9 Å². The number of carbonyl (C=O) groups is 2. The number of benzene rings is 2. The van der Waals surface area contributed by atoms with Gasteiger partial charge >= 0.3 is 11.9 Å². The number of aromatic carboxylic acids is 1. The summed E-state index contributed by atoms with van der Waals surface area (Å²) in [5, 5.41) is 18.5. The highest BCUT2D eigenvalue weighted by molar-refractivity contribution is 5.96. The lowest BCUT2D eigenvalue weighted by Gasteiger charge is -2.12. The first-order valence-electron chi connectivity index (χ1n) is 6.89. The Morgan fingerprint density at radius 3 is 2.36 bits per heavy atom. The summed E-state index contributed by atoms with van der Waals surface area (Å²) in [6.45, 7) is 1.96. The number of carbonyl (C=O) groups excluding carboxylic acids is 1. The maximum Gasteiger partial charge on any atom is 0.343 e. The summed E-state index contributed by atoms with van der Waals surface area (Å²) in [6, 6.07) is 10.4. The Kier molecular flexibility index (Phi) is 4.78. The van der Waals surface area contributed by atoms with Gasteiger partial charge in [-0.15, -0.1) is 0 Å². The molecule has 0 spiro atoms. The van der Waals surface area contributed by atoms with Crippen molar-refractivity contribution in [3.8, 4) is 11.5 Å². The van der Waals surface area contributed by atoms with Gasteiger partial charge in [-0.25, -0.2) is 9.59 Å². The molecule has 0 amide bonds. The zero-order valence-electron chi connectivity index (χ0n) is 12.1. The van der Waals surface area contributed by atoms with E-state index in [0.29, 0.717) is 12.0 Å². The van der Waals surface area contributed by atoms with Gasteiger partial charge in [0.05, 0.1) is 5.56 Å². The molecule has 0 saturated heterocycles. The Labute approximate surface area is 127 Å². The number of carboxylic acid groups (broad SMARTS) is 1. The van der Waals surface area contributed by atoms with Gasteiger partial charge in [0.15, 0.2) is 0 Å². The Balaban J connectivity index is 2.36. The second kappa shape index (κ2) is 6.76. The van der Waals surface area contributed by atoms with Crippen LogP contribution in [0, 0.1) is 0 Å². The molecule has 0 heterocycles. The molecule has 0 atom stereocenters. The molecule has 2 N–H and O–H groups in total. The van der Waals surface area contributed by atoms with Gasteiger partial charge < -0.3 is 14.9 Å². The zero-order chi connectivity index (χ0) is 16.1. The second-order valence-electron chi connectivity index (χ2n) is 4.79. The quantitative estimate of drug-likeness (QED) is 0.654. The van der Waals surface area contributed by atoms with Crippen LogP contribution in [0.1, 0.15) is 39.6 Å². The maximum absolute atomic E-state index is 12.2. The minimum absolute atomic E-state index is 0.0363. The van der Waals surface area contributed by atoms with Crippen LogP contribution < -0.4 is 4.74 Å². The Bertz CT molecular complexity index is 689. The van der Waals surface area contributed by atoms with Crippen molar-refractivity contribution >= 4 is 11.9 Å². The van der Waals surface area contributed by atoms with E-state index in [4.69, 9.17) is 4.74 Å². The first kappa shape index (κ1) is 15.6. The normalized spacial score (nSPS) is 10.2. The zero-order valence-corrected chi connectivity index (χ0v) is 12.1. The molecule has 0 aliphatic rings. The van der Waals surface area contributed by atoms with Crippen LogP contribution in [0.2, 0.25) is 0 Å². The molecule has 0 fully saturated rings. The fourth-order valence-corrected chi connectivity index (χ4v) is 2.09. The predicted molar refractivity (Wildman–Crippen MR) is 80.5 cm³/mol. The van der Waals surface area contributed by atoms with E-state index in [1.807, 2.05) is 6.92 Å². The molecule has 2 rings (SSSR count). The number of aromatic hydroxyl groups is 1. The molecule has 0 aromatic heterocycles. The van der Waals surface area contributed by atoms with E-state index >= 15 is 0 Å². The highest BCUT2D eigenvalue weighted by Gasteiger charge is 2.19. The summed E-state index contributed by atoms with van der Waals surface area (Å²) in [7, 11) is 0. The van der Waals surface area contributed by atoms with Gasteiger partial charge in [-0.05, 0) is 42.3 Å². The molecular weight excluding hydrogens is 284 g/mol. The van der Waals surface area contributed by atoms with E-state index in [1.165, 1.54) is 30.3 Å². The minimum Gasteiger partial charge on any atom is -0.508 e. The van der Waals surface area contributed by atoms with Crippen molar-refractivity contribution in [2.24, 2.45) is 0 Å². The number of phenolic OH excluding ortho intramolecular Hbond substituents is 1.